The maximum atomic E-state index is 10.9. The fourth-order valence-electron chi connectivity index (χ4n) is 1.53. The van der Waals surface area contributed by atoms with Gasteiger partial charge in [-0.1, -0.05) is 17.4 Å². The highest BCUT2D eigenvalue weighted by atomic mass is 32.1. The van der Waals surface area contributed by atoms with Crippen molar-refractivity contribution in [2.45, 2.75) is 13.5 Å². The van der Waals surface area contributed by atoms with E-state index >= 15 is 0 Å². The van der Waals surface area contributed by atoms with Gasteiger partial charge in [0.1, 0.15) is 4.88 Å². The van der Waals surface area contributed by atoms with Gasteiger partial charge in [-0.25, -0.2) is 9.78 Å². The highest BCUT2D eigenvalue weighted by molar-refractivity contribution is 7.17. The van der Waals surface area contributed by atoms with E-state index in [0.717, 1.165) is 16.9 Å². The molecule has 19 heavy (non-hydrogen) atoms. The zero-order valence-electron chi connectivity index (χ0n) is 10.0. The van der Waals surface area contributed by atoms with Gasteiger partial charge in [-0.3, -0.25) is 0 Å². The molecule has 6 nitrogen and oxygen atoms in total. The zero-order chi connectivity index (χ0) is 14.0. The number of anilines is 1. The third-order valence-corrected chi connectivity index (χ3v) is 3.58. The molecule has 0 atom stereocenters. The largest absolute Gasteiger partial charge is 0.504 e. The maximum Gasteiger partial charge on any atom is 0.347 e. The van der Waals surface area contributed by atoms with E-state index in [4.69, 9.17) is 5.11 Å². The van der Waals surface area contributed by atoms with Crippen molar-refractivity contribution in [3.63, 3.8) is 0 Å². The topological polar surface area (TPSA) is 103 Å². The number of carboxylic acids is 1. The Morgan fingerprint density at radius 3 is 2.68 bits per heavy atom. The van der Waals surface area contributed by atoms with Crippen molar-refractivity contribution in [1.82, 2.24) is 4.98 Å². The fraction of sp³-hybridized carbons (Fsp3) is 0.167. The van der Waals surface area contributed by atoms with Gasteiger partial charge in [0, 0.05) is 6.54 Å². The van der Waals surface area contributed by atoms with Crippen molar-refractivity contribution in [3.05, 3.63) is 34.3 Å². The molecular formula is C12H12N2O4S. The molecule has 0 bridgehead atoms. The minimum Gasteiger partial charge on any atom is -0.504 e. The first-order chi connectivity index (χ1) is 8.97. The molecular weight excluding hydrogens is 268 g/mol. The Morgan fingerprint density at radius 2 is 2.11 bits per heavy atom. The number of rotatable bonds is 4. The Labute approximate surface area is 113 Å². The second-order valence-corrected chi connectivity index (χ2v) is 4.91. The monoisotopic (exact) mass is 280 g/mol. The molecule has 0 radical (unpaired) electrons. The first-order valence-corrected chi connectivity index (χ1v) is 6.24. The standard InChI is InChI=1S/C12H12N2O4S/c1-6-10(11(17)18)19-12(14-6)13-5-7-2-3-8(15)9(16)4-7/h2-4,15-16H,5H2,1H3,(H,13,14)(H,17,18). The molecule has 0 spiro atoms. The average Bonchev–Trinajstić information content (AvgIpc) is 2.72. The summed E-state index contributed by atoms with van der Waals surface area (Å²) in [5.41, 5.74) is 1.22. The van der Waals surface area contributed by atoms with Crippen LogP contribution in [0.2, 0.25) is 0 Å². The van der Waals surface area contributed by atoms with Gasteiger partial charge in [0.15, 0.2) is 16.6 Å². The maximum absolute atomic E-state index is 10.9. The second-order valence-electron chi connectivity index (χ2n) is 3.92. The summed E-state index contributed by atoms with van der Waals surface area (Å²) in [5.74, 6) is -1.37. The molecule has 0 fully saturated rings. The van der Waals surface area contributed by atoms with Crippen molar-refractivity contribution in [2.75, 3.05) is 5.32 Å². The number of hydrogen-bond acceptors (Lipinski definition) is 6. The van der Waals surface area contributed by atoms with Gasteiger partial charge in [0.25, 0.3) is 0 Å². The number of benzene rings is 1. The Kier molecular flexibility index (Phi) is 3.57. The number of aromatic nitrogens is 1. The number of carboxylic acid groups (broad SMARTS) is 1. The van der Waals surface area contributed by atoms with E-state index in [0.29, 0.717) is 17.4 Å². The molecule has 2 aromatic rings. The fourth-order valence-corrected chi connectivity index (χ4v) is 2.33. The number of aryl methyl sites for hydroxylation is 1. The van der Waals surface area contributed by atoms with Gasteiger partial charge < -0.3 is 20.6 Å². The highest BCUT2D eigenvalue weighted by Gasteiger charge is 2.13. The van der Waals surface area contributed by atoms with Crippen LogP contribution in [0.3, 0.4) is 0 Å². The number of phenols is 2. The van der Waals surface area contributed by atoms with Crippen LogP contribution >= 0.6 is 11.3 Å². The predicted molar refractivity (Wildman–Crippen MR) is 70.9 cm³/mol. The molecule has 0 aliphatic carbocycles. The lowest BCUT2D eigenvalue weighted by Gasteiger charge is -2.04. The van der Waals surface area contributed by atoms with E-state index in [1.807, 2.05) is 0 Å². The molecule has 2 rings (SSSR count). The Morgan fingerprint density at radius 1 is 1.37 bits per heavy atom. The molecule has 0 saturated heterocycles. The van der Waals surface area contributed by atoms with Gasteiger partial charge in [-0.05, 0) is 24.6 Å². The van der Waals surface area contributed by atoms with E-state index in [-0.39, 0.29) is 16.4 Å². The molecule has 100 valence electrons. The van der Waals surface area contributed by atoms with Gasteiger partial charge in [-0.2, -0.15) is 0 Å². The van der Waals surface area contributed by atoms with E-state index in [1.165, 1.54) is 12.1 Å². The zero-order valence-corrected chi connectivity index (χ0v) is 10.9. The number of phenolic OH excluding ortho intramolecular Hbond substituents is 2. The number of nitrogens with zero attached hydrogens (tertiary/aromatic N) is 1. The van der Waals surface area contributed by atoms with Gasteiger partial charge in [0.2, 0.25) is 0 Å². The van der Waals surface area contributed by atoms with Crippen LogP contribution in [0.1, 0.15) is 20.9 Å². The summed E-state index contributed by atoms with van der Waals surface area (Å²) in [4.78, 5) is 15.2. The Hall–Kier alpha value is -2.28. The molecule has 1 aromatic carbocycles. The van der Waals surface area contributed by atoms with Crippen molar-refractivity contribution < 1.29 is 20.1 Å². The van der Waals surface area contributed by atoms with Gasteiger partial charge >= 0.3 is 5.97 Å². The summed E-state index contributed by atoms with van der Waals surface area (Å²) in [5, 5.41) is 30.9. The van der Waals surface area contributed by atoms with Crippen molar-refractivity contribution in [3.8, 4) is 11.5 Å². The second kappa shape index (κ2) is 5.15. The molecule has 1 heterocycles. The first-order valence-electron chi connectivity index (χ1n) is 5.43. The minimum atomic E-state index is -0.995. The van der Waals surface area contributed by atoms with Crippen LogP contribution in [0.5, 0.6) is 11.5 Å². The van der Waals surface area contributed by atoms with E-state index in [9.17, 15) is 15.0 Å². The minimum absolute atomic E-state index is 0.179. The summed E-state index contributed by atoms with van der Waals surface area (Å²) >= 11 is 1.06. The van der Waals surface area contributed by atoms with E-state index in [2.05, 4.69) is 10.3 Å². The Bertz CT molecular complexity index is 624. The van der Waals surface area contributed by atoms with Crippen LogP contribution in [0.4, 0.5) is 5.13 Å². The molecule has 0 amide bonds. The van der Waals surface area contributed by atoms with Crippen LogP contribution < -0.4 is 5.32 Å². The third-order valence-electron chi connectivity index (χ3n) is 2.47. The molecule has 1 aromatic heterocycles. The van der Waals surface area contributed by atoms with Crippen molar-refractivity contribution in [1.29, 1.82) is 0 Å². The Balaban J connectivity index is 2.08. The number of aromatic carboxylic acids is 1. The van der Waals surface area contributed by atoms with Crippen molar-refractivity contribution in [2.24, 2.45) is 0 Å². The summed E-state index contributed by atoms with van der Waals surface area (Å²) < 4.78 is 0. The van der Waals surface area contributed by atoms with Crippen LogP contribution in [0, 0.1) is 6.92 Å². The number of hydrogen-bond donors (Lipinski definition) is 4. The summed E-state index contributed by atoms with van der Waals surface area (Å²) in [6.07, 6.45) is 0. The lowest BCUT2D eigenvalue weighted by molar-refractivity contribution is 0.0701. The number of carbonyl (C=O) groups is 1. The predicted octanol–water partition coefficient (Wildman–Crippen LogP) is 2.17. The molecule has 0 saturated carbocycles. The number of nitrogens with one attached hydrogen (secondary N) is 1. The summed E-state index contributed by atoms with van der Waals surface area (Å²) in [6, 6.07) is 4.48. The van der Waals surface area contributed by atoms with Gasteiger partial charge in [-0.15, -0.1) is 0 Å². The molecule has 0 aliphatic heterocycles. The quantitative estimate of drug-likeness (QED) is 0.640. The van der Waals surface area contributed by atoms with Crippen LogP contribution in [-0.4, -0.2) is 26.3 Å². The number of aromatic hydroxyl groups is 2. The van der Waals surface area contributed by atoms with E-state index in [1.54, 1.807) is 13.0 Å². The molecule has 0 aliphatic rings. The number of thiazole rings is 1. The van der Waals surface area contributed by atoms with Crippen molar-refractivity contribution >= 4 is 22.4 Å². The summed E-state index contributed by atoms with van der Waals surface area (Å²) in [6.45, 7) is 2.01. The average molecular weight is 280 g/mol. The molecule has 7 heteroatoms. The van der Waals surface area contributed by atoms with Crippen LogP contribution in [-0.2, 0) is 6.54 Å². The van der Waals surface area contributed by atoms with Crippen LogP contribution in [0.15, 0.2) is 18.2 Å². The normalized spacial score (nSPS) is 10.4. The van der Waals surface area contributed by atoms with Gasteiger partial charge in [0.05, 0.1) is 5.69 Å². The third kappa shape index (κ3) is 2.94. The lowest BCUT2D eigenvalue weighted by atomic mass is 10.2. The lowest BCUT2D eigenvalue weighted by Crippen LogP contribution is -1.98. The summed E-state index contributed by atoms with van der Waals surface area (Å²) in [7, 11) is 0. The highest BCUT2D eigenvalue weighted by Crippen LogP contribution is 2.26. The van der Waals surface area contributed by atoms with Crippen LogP contribution in [0.25, 0.3) is 0 Å². The van der Waals surface area contributed by atoms with E-state index < -0.39 is 5.97 Å². The smallest absolute Gasteiger partial charge is 0.347 e. The molecule has 4 N–H and O–H groups in total. The first kappa shape index (κ1) is 13.2. The SMILES string of the molecule is Cc1nc(NCc2ccc(O)c(O)c2)sc1C(=O)O. The molecule has 0 unspecified atom stereocenters.